The fourth-order valence-electron chi connectivity index (χ4n) is 4.17. The van der Waals surface area contributed by atoms with Crippen molar-refractivity contribution in [1.82, 2.24) is 14.6 Å². The number of carbonyl (C=O) groups excluding carboxylic acids is 1. The average Bonchev–Trinajstić information content (AvgIpc) is 3.67. The molecule has 4 aromatic heterocycles. The number of furan rings is 2. The van der Waals surface area contributed by atoms with Crippen LogP contribution in [0, 0.1) is 5.82 Å². The summed E-state index contributed by atoms with van der Waals surface area (Å²) >= 11 is 1.32. The molecular formula is C25H17FN4O4S. The highest BCUT2D eigenvalue weighted by atomic mass is 32.1. The van der Waals surface area contributed by atoms with Gasteiger partial charge in [0.2, 0.25) is 0 Å². The minimum atomic E-state index is -0.457. The molecule has 1 aliphatic heterocycles. The molecule has 0 aliphatic carbocycles. The van der Waals surface area contributed by atoms with Gasteiger partial charge in [-0.3, -0.25) is 14.2 Å². The number of hydrazone groups is 1. The molecule has 1 aliphatic rings. The van der Waals surface area contributed by atoms with Crippen molar-refractivity contribution in [3.8, 4) is 11.1 Å². The maximum atomic E-state index is 13.4. The van der Waals surface area contributed by atoms with E-state index in [2.05, 4.69) is 10.1 Å². The highest BCUT2D eigenvalue weighted by molar-refractivity contribution is 7.17. The van der Waals surface area contributed by atoms with Crippen LogP contribution in [0.15, 0.2) is 91.5 Å². The minimum absolute atomic E-state index is 0.257. The van der Waals surface area contributed by atoms with E-state index in [0.29, 0.717) is 45.0 Å². The molecule has 0 saturated carbocycles. The molecule has 1 aromatic carbocycles. The van der Waals surface area contributed by atoms with Crippen molar-refractivity contribution in [2.24, 2.45) is 5.10 Å². The van der Waals surface area contributed by atoms with Crippen LogP contribution in [0.4, 0.5) is 4.39 Å². The van der Waals surface area contributed by atoms with E-state index >= 15 is 0 Å². The molecule has 1 amide bonds. The van der Waals surface area contributed by atoms with Crippen LogP contribution in [-0.4, -0.2) is 26.2 Å². The topological polar surface area (TPSA) is 93.8 Å². The van der Waals surface area contributed by atoms with E-state index in [-0.39, 0.29) is 17.9 Å². The highest BCUT2D eigenvalue weighted by Crippen LogP contribution is 2.34. The van der Waals surface area contributed by atoms with Gasteiger partial charge in [-0.05, 0) is 42.0 Å². The van der Waals surface area contributed by atoms with Gasteiger partial charge in [-0.2, -0.15) is 5.10 Å². The SMILES string of the molecule is O=C(Cn1cnc2scc(-c3ccc(F)cc3)c2c1=O)N1N=C(c2ccco2)CC1c1ccco1. The predicted octanol–water partition coefficient (Wildman–Crippen LogP) is 4.83. The third-order valence-corrected chi connectivity index (χ3v) is 6.75. The lowest BCUT2D eigenvalue weighted by Gasteiger charge is -2.20. The van der Waals surface area contributed by atoms with Gasteiger partial charge < -0.3 is 8.83 Å². The van der Waals surface area contributed by atoms with Crippen molar-refractivity contribution in [2.75, 3.05) is 0 Å². The van der Waals surface area contributed by atoms with Crippen molar-refractivity contribution >= 4 is 33.2 Å². The molecule has 35 heavy (non-hydrogen) atoms. The Kier molecular flexibility index (Phi) is 5.14. The van der Waals surface area contributed by atoms with Gasteiger partial charge in [-0.15, -0.1) is 11.3 Å². The summed E-state index contributed by atoms with van der Waals surface area (Å²) in [4.78, 5) is 31.7. The van der Waals surface area contributed by atoms with E-state index < -0.39 is 11.9 Å². The zero-order valence-corrected chi connectivity index (χ0v) is 18.9. The van der Waals surface area contributed by atoms with E-state index in [1.807, 2.05) is 5.38 Å². The quantitative estimate of drug-likeness (QED) is 0.353. The lowest BCUT2D eigenvalue weighted by atomic mass is 10.1. The summed E-state index contributed by atoms with van der Waals surface area (Å²) in [5.74, 6) is 0.399. The fraction of sp³-hybridized carbons (Fsp3) is 0.120. The summed E-state index contributed by atoms with van der Waals surface area (Å²) < 4.78 is 25.7. The zero-order valence-electron chi connectivity index (χ0n) is 18.1. The number of benzene rings is 1. The van der Waals surface area contributed by atoms with Crippen molar-refractivity contribution < 1.29 is 18.0 Å². The number of amides is 1. The summed E-state index contributed by atoms with van der Waals surface area (Å²) in [5.41, 5.74) is 1.61. The minimum Gasteiger partial charge on any atom is -0.467 e. The Labute approximate surface area is 201 Å². The molecule has 1 atom stereocenters. The maximum Gasteiger partial charge on any atom is 0.263 e. The number of thiophene rings is 1. The molecule has 0 fully saturated rings. The van der Waals surface area contributed by atoms with Crippen LogP contribution >= 0.6 is 11.3 Å². The fourth-order valence-corrected chi connectivity index (χ4v) is 5.08. The number of hydrogen-bond acceptors (Lipinski definition) is 7. The Morgan fingerprint density at radius 3 is 2.66 bits per heavy atom. The third-order valence-electron chi connectivity index (χ3n) is 5.86. The second-order valence-corrected chi connectivity index (χ2v) is 8.87. The number of carbonyl (C=O) groups is 1. The van der Waals surface area contributed by atoms with Gasteiger partial charge in [0.05, 0.1) is 24.2 Å². The second-order valence-electron chi connectivity index (χ2n) is 8.01. The molecule has 174 valence electrons. The molecule has 0 bridgehead atoms. The Balaban J connectivity index is 1.35. The van der Waals surface area contributed by atoms with E-state index in [0.717, 1.165) is 0 Å². The van der Waals surface area contributed by atoms with E-state index in [4.69, 9.17) is 8.83 Å². The number of rotatable bonds is 5. The van der Waals surface area contributed by atoms with Gasteiger partial charge in [0.15, 0.2) is 0 Å². The smallest absolute Gasteiger partial charge is 0.263 e. The first kappa shape index (κ1) is 21.2. The molecular weight excluding hydrogens is 471 g/mol. The largest absolute Gasteiger partial charge is 0.467 e. The zero-order chi connectivity index (χ0) is 23.9. The normalized spacial score (nSPS) is 15.6. The van der Waals surface area contributed by atoms with Crippen LogP contribution in [0.3, 0.4) is 0 Å². The van der Waals surface area contributed by atoms with Crippen LogP contribution in [0.2, 0.25) is 0 Å². The summed E-state index contributed by atoms with van der Waals surface area (Å²) in [6.45, 7) is -0.257. The second kappa shape index (κ2) is 8.48. The molecule has 0 saturated heterocycles. The molecule has 0 spiro atoms. The number of hydrogen-bond donors (Lipinski definition) is 0. The Hall–Kier alpha value is -4.31. The summed E-state index contributed by atoms with van der Waals surface area (Å²) in [5, 5.41) is 8.03. The molecule has 0 radical (unpaired) electrons. The molecule has 6 rings (SSSR count). The van der Waals surface area contributed by atoms with Gasteiger partial charge in [-0.1, -0.05) is 12.1 Å². The summed E-state index contributed by atoms with van der Waals surface area (Å²) in [6.07, 6.45) is 4.86. The van der Waals surface area contributed by atoms with Crippen LogP contribution in [0.1, 0.15) is 24.0 Å². The van der Waals surface area contributed by atoms with Gasteiger partial charge in [-0.25, -0.2) is 14.4 Å². The highest BCUT2D eigenvalue weighted by Gasteiger charge is 2.36. The molecule has 5 aromatic rings. The third kappa shape index (κ3) is 3.77. The first-order valence-corrected chi connectivity index (χ1v) is 11.7. The molecule has 0 N–H and O–H groups in total. The number of halogens is 1. The standard InChI is InChI=1S/C25H17FN4O4S/c26-16-7-5-15(6-8-16)17-13-35-24-23(17)25(32)29(14-27-24)12-22(31)30-19(21-4-2-10-34-21)11-18(28-30)20-3-1-9-33-20/h1-10,13-14,19H,11-12H2. The van der Waals surface area contributed by atoms with Crippen LogP contribution in [-0.2, 0) is 11.3 Å². The number of aromatic nitrogens is 2. The number of nitrogens with zero attached hydrogens (tertiary/aromatic N) is 4. The molecule has 8 nitrogen and oxygen atoms in total. The average molecular weight is 489 g/mol. The van der Waals surface area contributed by atoms with Gasteiger partial charge in [0.1, 0.15) is 40.5 Å². The van der Waals surface area contributed by atoms with Crippen molar-refractivity contribution in [1.29, 1.82) is 0 Å². The molecule has 5 heterocycles. The first-order valence-electron chi connectivity index (χ1n) is 10.8. The predicted molar refractivity (Wildman–Crippen MR) is 127 cm³/mol. The van der Waals surface area contributed by atoms with Crippen LogP contribution in [0.5, 0.6) is 0 Å². The maximum absolute atomic E-state index is 13.4. The molecule has 1 unspecified atom stereocenters. The first-order chi connectivity index (χ1) is 17.1. The summed E-state index contributed by atoms with van der Waals surface area (Å²) in [6, 6.07) is 12.5. The lowest BCUT2D eigenvalue weighted by molar-refractivity contribution is -0.134. The van der Waals surface area contributed by atoms with E-state index in [1.54, 1.807) is 48.9 Å². The Morgan fingerprint density at radius 2 is 1.91 bits per heavy atom. The lowest BCUT2D eigenvalue weighted by Crippen LogP contribution is -2.33. The Morgan fingerprint density at radius 1 is 1.11 bits per heavy atom. The van der Waals surface area contributed by atoms with E-state index in [9.17, 15) is 14.0 Å². The van der Waals surface area contributed by atoms with E-state index in [1.165, 1.54) is 39.4 Å². The monoisotopic (exact) mass is 488 g/mol. The van der Waals surface area contributed by atoms with Crippen molar-refractivity contribution in [3.63, 3.8) is 0 Å². The summed E-state index contributed by atoms with van der Waals surface area (Å²) in [7, 11) is 0. The molecule has 10 heteroatoms. The van der Waals surface area contributed by atoms with Crippen LogP contribution < -0.4 is 5.56 Å². The van der Waals surface area contributed by atoms with Crippen molar-refractivity contribution in [2.45, 2.75) is 19.0 Å². The Bertz CT molecular complexity index is 1600. The van der Waals surface area contributed by atoms with Gasteiger partial charge in [0.25, 0.3) is 11.5 Å². The van der Waals surface area contributed by atoms with Gasteiger partial charge in [0, 0.05) is 17.4 Å². The van der Waals surface area contributed by atoms with Crippen LogP contribution in [0.25, 0.3) is 21.3 Å². The number of fused-ring (bicyclic) bond motifs is 1. The van der Waals surface area contributed by atoms with Crippen molar-refractivity contribution in [3.05, 3.63) is 100 Å². The van der Waals surface area contributed by atoms with Gasteiger partial charge >= 0.3 is 0 Å².